The van der Waals surface area contributed by atoms with Crippen molar-refractivity contribution in [2.45, 2.75) is 57.9 Å². The Morgan fingerprint density at radius 1 is 1.18 bits per heavy atom. The molecule has 0 fully saturated rings. The maximum absolute atomic E-state index is 13.7. The standard InChI is InChI=1S/C28H27F2N5O3/c1-5-34-23(36)17-7-6-8-21(38-26(29)30)22(17)20-12-28(34,4)25-33-18-10-9-15(11-19(18)35(20)25)16-13-31-24(32-14-16)27(2,3)37/h6-11,13-14,20,26,37H,5,12H2,1-4H3/t20-,28-/m1/s1. The summed E-state index contributed by atoms with van der Waals surface area (Å²) >= 11 is 0. The van der Waals surface area contributed by atoms with E-state index in [2.05, 4.69) is 14.5 Å². The minimum Gasteiger partial charge on any atom is -0.434 e. The molecule has 8 nitrogen and oxygen atoms in total. The number of amides is 1. The molecule has 2 aliphatic rings. The predicted octanol–water partition coefficient (Wildman–Crippen LogP) is 5.01. The molecule has 4 aromatic rings. The predicted molar refractivity (Wildman–Crippen MR) is 136 cm³/mol. The second-order valence-corrected chi connectivity index (χ2v) is 10.5. The highest BCUT2D eigenvalue weighted by Crippen LogP contribution is 2.53. The fraction of sp³-hybridized carbons (Fsp3) is 0.357. The van der Waals surface area contributed by atoms with Gasteiger partial charge >= 0.3 is 6.61 Å². The Balaban J connectivity index is 1.57. The summed E-state index contributed by atoms with van der Waals surface area (Å²) in [6.45, 7) is 4.55. The van der Waals surface area contributed by atoms with Crippen LogP contribution < -0.4 is 4.74 Å². The summed E-state index contributed by atoms with van der Waals surface area (Å²) in [6, 6.07) is 10.1. The van der Waals surface area contributed by atoms with E-state index in [1.807, 2.05) is 32.0 Å². The second kappa shape index (κ2) is 8.29. The Kier molecular flexibility index (Phi) is 5.33. The minimum absolute atomic E-state index is 0.00221. The van der Waals surface area contributed by atoms with Crippen LogP contribution in [0.5, 0.6) is 5.75 Å². The number of benzene rings is 2. The first-order valence-corrected chi connectivity index (χ1v) is 12.5. The summed E-state index contributed by atoms with van der Waals surface area (Å²) < 4.78 is 33.8. The van der Waals surface area contributed by atoms with E-state index in [4.69, 9.17) is 9.72 Å². The first kappa shape index (κ1) is 24.4. The average Bonchev–Trinajstić information content (AvgIpc) is 3.36. The zero-order chi connectivity index (χ0) is 27.0. The van der Waals surface area contributed by atoms with Crippen molar-refractivity contribution in [3.8, 4) is 16.9 Å². The van der Waals surface area contributed by atoms with E-state index < -0.39 is 23.8 Å². The van der Waals surface area contributed by atoms with Gasteiger partial charge in [0.25, 0.3) is 5.91 Å². The lowest BCUT2D eigenvalue weighted by atomic mass is 9.92. The number of fused-ring (bicyclic) bond motifs is 9. The quantitative estimate of drug-likeness (QED) is 0.399. The topological polar surface area (TPSA) is 93.4 Å². The Hall–Kier alpha value is -3.92. The van der Waals surface area contributed by atoms with Crippen LogP contribution in [0.25, 0.3) is 22.2 Å². The van der Waals surface area contributed by atoms with Gasteiger partial charge in [0, 0.05) is 42.0 Å². The van der Waals surface area contributed by atoms with Gasteiger partial charge < -0.3 is 19.3 Å². The molecule has 196 valence electrons. The van der Waals surface area contributed by atoms with Crippen molar-refractivity contribution >= 4 is 16.9 Å². The van der Waals surface area contributed by atoms with Crippen LogP contribution in [0.1, 0.15) is 67.7 Å². The smallest absolute Gasteiger partial charge is 0.387 e. The van der Waals surface area contributed by atoms with Gasteiger partial charge in [0.05, 0.1) is 17.1 Å². The van der Waals surface area contributed by atoms with Crippen LogP contribution in [-0.2, 0) is 11.1 Å². The summed E-state index contributed by atoms with van der Waals surface area (Å²) in [6.07, 6.45) is 3.80. The zero-order valence-corrected chi connectivity index (χ0v) is 21.4. The average molecular weight is 520 g/mol. The highest BCUT2D eigenvalue weighted by Gasteiger charge is 2.53. The number of alkyl halides is 2. The maximum atomic E-state index is 13.7. The number of imidazole rings is 1. The summed E-state index contributed by atoms with van der Waals surface area (Å²) in [5.74, 6) is 0.793. The molecule has 0 aliphatic carbocycles. The fourth-order valence-electron chi connectivity index (χ4n) is 5.92. The molecule has 2 atom stereocenters. The molecule has 2 bridgehead atoms. The van der Waals surface area contributed by atoms with E-state index in [1.54, 1.807) is 43.3 Å². The molecule has 0 saturated heterocycles. The highest BCUT2D eigenvalue weighted by molar-refractivity contribution is 5.98. The molecular weight excluding hydrogens is 492 g/mol. The van der Waals surface area contributed by atoms with Crippen molar-refractivity contribution in [1.29, 1.82) is 0 Å². The summed E-state index contributed by atoms with van der Waals surface area (Å²) in [5.41, 5.74) is 2.04. The van der Waals surface area contributed by atoms with Crippen molar-refractivity contribution in [2.24, 2.45) is 0 Å². The van der Waals surface area contributed by atoms with E-state index >= 15 is 0 Å². The second-order valence-electron chi connectivity index (χ2n) is 10.5. The van der Waals surface area contributed by atoms with Crippen LogP contribution >= 0.6 is 0 Å². The third kappa shape index (κ3) is 3.50. The molecule has 1 N–H and O–H groups in total. The number of carbonyl (C=O) groups is 1. The Morgan fingerprint density at radius 3 is 2.58 bits per heavy atom. The van der Waals surface area contributed by atoms with E-state index in [-0.39, 0.29) is 11.7 Å². The van der Waals surface area contributed by atoms with Gasteiger partial charge in [0.15, 0.2) is 5.82 Å². The first-order chi connectivity index (χ1) is 18.0. The largest absolute Gasteiger partial charge is 0.434 e. The number of ether oxygens (including phenoxy) is 1. The number of nitrogens with zero attached hydrogens (tertiary/aromatic N) is 5. The van der Waals surface area contributed by atoms with Crippen LogP contribution in [0.2, 0.25) is 0 Å². The third-order valence-electron chi connectivity index (χ3n) is 7.61. The minimum atomic E-state index is -3.02. The van der Waals surface area contributed by atoms with E-state index in [0.717, 1.165) is 22.2 Å². The fourth-order valence-corrected chi connectivity index (χ4v) is 5.92. The molecular formula is C28H27F2N5O3. The van der Waals surface area contributed by atoms with Gasteiger partial charge in [0.2, 0.25) is 0 Å². The number of aromatic nitrogens is 4. The number of hydrogen-bond acceptors (Lipinski definition) is 6. The van der Waals surface area contributed by atoms with Gasteiger partial charge in [-0.15, -0.1) is 0 Å². The van der Waals surface area contributed by atoms with Crippen LogP contribution in [-0.4, -0.2) is 48.6 Å². The van der Waals surface area contributed by atoms with Gasteiger partial charge in [-0.3, -0.25) is 4.79 Å². The summed E-state index contributed by atoms with van der Waals surface area (Å²) in [7, 11) is 0. The molecule has 2 aromatic carbocycles. The van der Waals surface area contributed by atoms with Gasteiger partial charge in [-0.25, -0.2) is 15.0 Å². The Morgan fingerprint density at radius 2 is 1.92 bits per heavy atom. The number of halogens is 2. The van der Waals surface area contributed by atoms with Crippen molar-refractivity contribution in [2.75, 3.05) is 6.54 Å². The van der Waals surface area contributed by atoms with Crippen molar-refractivity contribution < 1.29 is 23.4 Å². The Labute approximate surface area is 217 Å². The maximum Gasteiger partial charge on any atom is 0.387 e. The lowest BCUT2D eigenvalue weighted by Gasteiger charge is -2.36. The van der Waals surface area contributed by atoms with Crippen molar-refractivity contribution in [3.05, 3.63) is 71.6 Å². The van der Waals surface area contributed by atoms with Gasteiger partial charge in [-0.1, -0.05) is 12.1 Å². The van der Waals surface area contributed by atoms with Crippen LogP contribution in [0, 0.1) is 0 Å². The van der Waals surface area contributed by atoms with Crippen molar-refractivity contribution in [3.63, 3.8) is 0 Å². The highest BCUT2D eigenvalue weighted by atomic mass is 19.3. The number of aliphatic hydroxyl groups is 1. The number of carbonyl (C=O) groups excluding carboxylic acids is 1. The van der Waals surface area contributed by atoms with Gasteiger partial charge in [0.1, 0.15) is 22.7 Å². The van der Waals surface area contributed by atoms with Gasteiger partial charge in [-0.05, 0) is 57.5 Å². The van der Waals surface area contributed by atoms with Crippen LogP contribution in [0.3, 0.4) is 0 Å². The van der Waals surface area contributed by atoms with Crippen LogP contribution in [0.4, 0.5) is 8.78 Å². The molecule has 6 rings (SSSR count). The lowest BCUT2D eigenvalue weighted by molar-refractivity contribution is -0.0507. The monoisotopic (exact) mass is 519 g/mol. The SMILES string of the molecule is CCN1C(=O)c2cccc(OC(F)F)c2[C@H]2C[C@]1(C)c1nc3ccc(-c4cnc(C(C)(C)O)nc4)cc3n12. The molecule has 0 spiro atoms. The van der Waals surface area contributed by atoms with E-state index in [0.29, 0.717) is 35.7 Å². The number of rotatable bonds is 5. The lowest BCUT2D eigenvalue weighted by Crippen LogP contribution is -2.46. The van der Waals surface area contributed by atoms with E-state index in [1.165, 1.54) is 6.07 Å². The van der Waals surface area contributed by atoms with Gasteiger partial charge in [-0.2, -0.15) is 8.78 Å². The molecule has 0 radical (unpaired) electrons. The molecule has 2 aromatic heterocycles. The molecule has 2 aliphatic heterocycles. The molecule has 10 heteroatoms. The van der Waals surface area contributed by atoms with E-state index in [9.17, 15) is 18.7 Å². The normalized spacial score (nSPS) is 20.6. The Bertz CT molecular complexity index is 1580. The zero-order valence-electron chi connectivity index (χ0n) is 21.4. The third-order valence-corrected chi connectivity index (χ3v) is 7.61. The molecule has 0 saturated carbocycles. The molecule has 1 amide bonds. The number of hydrogen-bond donors (Lipinski definition) is 1. The summed E-state index contributed by atoms with van der Waals surface area (Å²) in [5, 5.41) is 10.2. The van der Waals surface area contributed by atoms with Crippen molar-refractivity contribution in [1.82, 2.24) is 24.4 Å². The van der Waals surface area contributed by atoms with Crippen LogP contribution in [0.15, 0.2) is 48.8 Å². The summed E-state index contributed by atoms with van der Waals surface area (Å²) in [4.78, 5) is 29.0. The molecule has 4 heterocycles. The molecule has 38 heavy (non-hydrogen) atoms. The molecule has 0 unspecified atom stereocenters. The first-order valence-electron chi connectivity index (χ1n) is 12.5.